The maximum atomic E-state index is 14.5. The zero-order chi connectivity index (χ0) is 27.7. The number of hydrogen-bond donors (Lipinski definition) is 1. The number of benzene rings is 2. The molecule has 1 fully saturated rings. The third-order valence-electron chi connectivity index (χ3n) is 6.48. The molecule has 2 heterocycles. The molecule has 4 rings (SSSR count). The maximum absolute atomic E-state index is 14.5. The molecule has 1 saturated heterocycles. The molecule has 202 valence electrons. The number of rotatable bonds is 8. The third kappa shape index (κ3) is 6.15. The minimum atomic E-state index is -4.09. The van der Waals surface area contributed by atoms with Crippen LogP contribution in [0.3, 0.4) is 0 Å². The van der Waals surface area contributed by atoms with Crippen LogP contribution in [0.15, 0.2) is 65.6 Å². The van der Waals surface area contributed by atoms with Crippen LogP contribution in [-0.4, -0.2) is 38.0 Å². The van der Waals surface area contributed by atoms with Gasteiger partial charge in [-0.15, -0.1) is 0 Å². The number of nitrogens with zero attached hydrogens (tertiary/aromatic N) is 2. The number of nitrogens with one attached hydrogen (secondary N) is 1. The van der Waals surface area contributed by atoms with Crippen LogP contribution < -0.4 is 14.4 Å². The fraction of sp³-hybridized carbons (Fsp3) is 0.379. The number of pyridine rings is 1. The first-order valence-electron chi connectivity index (χ1n) is 12.7. The smallest absolute Gasteiger partial charge is 0.268 e. The van der Waals surface area contributed by atoms with Gasteiger partial charge >= 0.3 is 0 Å². The Morgan fingerprint density at radius 1 is 1.16 bits per heavy atom. The molecule has 0 spiro atoms. The lowest BCUT2D eigenvalue weighted by Gasteiger charge is -2.34. The van der Waals surface area contributed by atoms with Crippen LogP contribution in [0.5, 0.6) is 5.75 Å². The van der Waals surface area contributed by atoms with E-state index in [1.165, 1.54) is 24.3 Å². The fourth-order valence-electron chi connectivity index (χ4n) is 4.84. The average molecular weight is 540 g/mol. The van der Waals surface area contributed by atoms with Crippen LogP contribution in [0, 0.1) is 17.7 Å². The van der Waals surface area contributed by atoms with Crippen molar-refractivity contribution in [1.29, 1.82) is 0 Å². The van der Waals surface area contributed by atoms with E-state index < -0.39 is 21.7 Å². The molecule has 1 aliphatic rings. The SMILES string of the molecule is CC(C)COc1cc(F)cc(-c2ccc(C(=O)NS(=O)(=O)c3ccccc3)c(N3C[C@@H](C)CC3(C)C)n2)c1. The van der Waals surface area contributed by atoms with Gasteiger partial charge in [0.15, 0.2) is 0 Å². The Bertz CT molecular complexity index is 1420. The number of halogens is 1. The Labute approximate surface area is 224 Å². The van der Waals surface area contributed by atoms with Crippen molar-refractivity contribution in [2.45, 2.75) is 51.5 Å². The van der Waals surface area contributed by atoms with Gasteiger partial charge in [-0.1, -0.05) is 39.0 Å². The minimum absolute atomic E-state index is 0.0108. The first-order valence-corrected chi connectivity index (χ1v) is 14.2. The summed E-state index contributed by atoms with van der Waals surface area (Å²) in [6.45, 7) is 11.3. The molecule has 0 unspecified atom stereocenters. The Hall–Kier alpha value is -3.46. The topological polar surface area (TPSA) is 88.6 Å². The Balaban J connectivity index is 1.76. The normalized spacial score (nSPS) is 17.0. The average Bonchev–Trinajstić information content (AvgIpc) is 3.13. The summed E-state index contributed by atoms with van der Waals surface area (Å²) in [7, 11) is -4.09. The summed E-state index contributed by atoms with van der Waals surface area (Å²) < 4.78 is 48.2. The summed E-state index contributed by atoms with van der Waals surface area (Å²) >= 11 is 0. The zero-order valence-electron chi connectivity index (χ0n) is 22.4. The number of carbonyl (C=O) groups excluding carboxylic acids is 1. The second kappa shape index (κ2) is 10.7. The standard InChI is InChI=1S/C29H34FN3O4S/c1-19(2)18-37-23-14-21(13-22(30)15-23)26-12-11-25(27(31-26)33-17-20(3)16-29(33,4)5)28(34)32-38(35,36)24-9-7-6-8-10-24/h6-15,19-20H,16-18H2,1-5H3,(H,32,34)/t20-/m0/s1. The van der Waals surface area contributed by atoms with Crippen molar-refractivity contribution in [3.8, 4) is 17.0 Å². The molecule has 0 bridgehead atoms. The lowest BCUT2D eigenvalue weighted by atomic mass is 9.97. The molecule has 7 nitrogen and oxygen atoms in total. The first kappa shape index (κ1) is 27.6. The van der Waals surface area contributed by atoms with Gasteiger partial charge in [0.1, 0.15) is 17.4 Å². The van der Waals surface area contributed by atoms with Gasteiger partial charge in [-0.2, -0.15) is 0 Å². The molecule has 0 aliphatic carbocycles. The van der Waals surface area contributed by atoms with Crippen LogP contribution in [0.1, 0.15) is 51.4 Å². The minimum Gasteiger partial charge on any atom is -0.493 e. The molecule has 1 amide bonds. The Morgan fingerprint density at radius 2 is 1.87 bits per heavy atom. The highest BCUT2D eigenvalue weighted by molar-refractivity contribution is 7.90. The summed E-state index contributed by atoms with van der Waals surface area (Å²) in [6, 6.07) is 15.3. The summed E-state index contributed by atoms with van der Waals surface area (Å²) in [5, 5.41) is 0. The molecule has 2 aromatic carbocycles. The van der Waals surface area contributed by atoms with Gasteiger partial charge in [-0.25, -0.2) is 22.5 Å². The lowest BCUT2D eigenvalue weighted by molar-refractivity contribution is 0.0981. The molecule has 1 N–H and O–H groups in total. The summed E-state index contributed by atoms with van der Waals surface area (Å²) in [4.78, 5) is 20.2. The molecule has 1 aromatic heterocycles. The molecule has 38 heavy (non-hydrogen) atoms. The van der Waals surface area contributed by atoms with Crippen molar-refractivity contribution < 1.29 is 22.3 Å². The zero-order valence-corrected chi connectivity index (χ0v) is 23.2. The van der Waals surface area contributed by atoms with E-state index in [-0.39, 0.29) is 21.9 Å². The highest BCUT2D eigenvalue weighted by Crippen LogP contribution is 2.38. The van der Waals surface area contributed by atoms with Gasteiger partial charge in [0.25, 0.3) is 15.9 Å². The first-order chi connectivity index (χ1) is 17.9. The van der Waals surface area contributed by atoms with Crippen LogP contribution in [0.2, 0.25) is 0 Å². The van der Waals surface area contributed by atoms with Crippen molar-refractivity contribution in [2.24, 2.45) is 11.8 Å². The van der Waals surface area contributed by atoms with Gasteiger partial charge in [0.05, 0.1) is 22.8 Å². The molecular formula is C29H34FN3O4S. The number of aromatic nitrogens is 1. The van der Waals surface area contributed by atoms with Gasteiger partial charge in [0, 0.05) is 23.7 Å². The number of amides is 1. The molecule has 0 saturated carbocycles. The van der Waals surface area contributed by atoms with E-state index in [0.717, 1.165) is 6.42 Å². The van der Waals surface area contributed by atoms with Crippen LogP contribution in [0.25, 0.3) is 11.3 Å². The summed E-state index contributed by atoms with van der Waals surface area (Å²) in [5.41, 5.74) is 0.750. The Morgan fingerprint density at radius 3 is 2.50 bits per heavy atom. The molecule has 0 radical (unpaired) electrons. The van der Waals surface area contributed by atoms with Crippen LogP contribution in [0.4, 0.5) is 10.2 Å². The van der Waals surface area contributed by atoms with Crippen molar-refractivity contribution in [2.75, 3.05) is 18.1 Å². The molecular weight excluding hydrogens is 505 g/mol. The van der Waals surface area contributed by atoms with E-state index in [9.17, 15) is 17.6 Å². The van der Waals surface area contributed by atoms with Crippen LogP contribution in [-0.2, 0) is 10.0 Å². The maximum Gasteiger partial charge on any atom is 0.268 e. The predicted molar refractivity (Wildman–Crippen MR) is 146 cm³/mol. The highest BCUT2D eigenvalue weighted by Gasteiger charge is 2.39. The third-order valence-corrected chi connectivity index (χ3v) is 7.83. The van der Waals surface area contributed by atoms with Gasteiger partial charge in [-0.3, -0.25) is 4.79 Å². The highest BCUT2D eigenvalue weighted by atomic mass is 32.2. The van der Waals surface area contributed by atoms with Gasteiger partial charge in [-0.05, 0) is 68.5 Å². The van der Waals surface area contributed by atoms with Crippen molar-refractivity contribution in [3.05, 3.63) is 72.0 Å². The van der Waals surface area contributed by atoms with E-state index in [1.807, 2.05) is 18.7 Å². The van der Waals surface area contributed by atoms with Gasteiger partial charge in [0.2, 0.25) is 0 Å². The van der Waals surface area contributed by atoms with Crippen molar-refractivity contribution in [3.63, 3.8) is 0 Å². The van der Waals surface area contributed by atoms with Crippen molar-refractivity contribution >= 4 is 21.7 Å². The van der Waals surface area contributed by atoms with E-state index in [2.05, 4.69) is 25.5 Å². The molecule has 9 heteroatoms. The number of hydrogen-bond acceptors (Lipinski definition) is 6. The molecule has 1 aliphatic heterocycles. The molecule has 1 atom stereocenters. The molecule has 3 aromatic rings. The predicted octanol–water partition coefficient (Wildman–Crippen LogP) is 5.67. The fourth-order valence-corrected chi connectivity index (χ4v) is 5.83. The second-order valence-corrected chi connectivity index (χ2v) is 12.6. The second-order valence-electron chi connectivity index (χ2n) is 10.9. The van der Waals surface area contributed by atoms with E-state index >= 15 is 0 Å². The van der Waals surface area contributed by atoms with E-state index in [1.54, 1.807) is 36.4 Å². The summed E-state index contributed by atoms with van der Waals surface area (Å²) in [6.07, 6.45) is 0.870. The van der Waals surface area contributed by atoms with Gasteiger partial charge < -0.3 is 9.64 Å². The monoisotopic (exact) mass is 539 g/mol. The summed E-state index contributed by atoms with van der Waals surface area (Å²) in [5.74, 6) is 0.115. The number of carbonyl (C=O) groups is 1. The number of sulfonamides is 1. The lowest BCUT2D eigenvalue weighted by Crippen LogP contribution is -2.41. The van der Waals surface area contributed by atoms with Crippen LogP contribution >= 0.6 is 0 Å². The van der Waals surface area contributed by atoms with E-state index in [4.69, 9.17) is 9.72 Å². The largest absolute Gasteiger partial charge is 0.493 e. The number of anilines is 1. The quantitative estimate of drug-likeness (QED) is 0.397. The number of ether oxygens (including phenoxy) is 1. The Kier molecular flexibility index (Phi) is 7.78. The van der Waals surface area contributed by atoms with Crippen molar-refractivity contribution in [1.82, 2.24) is 9.71 Å². The van der Waals surface area contributed by atoms with E-state index in [0.29, 0.717) is 41.9 Å².